The summed E-state index contributed by atoms with van der Waals surface area (Å²) in [6.45, 7) is 1.88. The lowest BCUT2D eigenvalue weighted by Crippen LogP contribution is -2.67. The molecule has 3 aromatic carbocycles. The molecule has 0 bridgehead atoms. The summed E-state index contributed by atoms with van der Waals surface area (Å²) in [4.78, 5) is 14.1. The van der Waals surface area contributed by atoms with Crippen LogP contribution in [0.4, 0.5) is 0 Å². The zero-order valence-corrected chi connectivity index (χ0v) is 18.2. The van der Waals surface area contributed by atoms with Gasteiger partial charge in [0.1, 0.15) is 17.2 Å². The lowest BCUT2D eigenvalue weighted by atomic mass is 9.62. The molecule has 1 amide bonds. The zero-order valence-electron chi connectivity index (χ0n) is 17.4. The lowest BCUT2D eigenvalue weighted by Gasteiger charge is -2.54. The molecule has 0 N–H and O–H groups in total. The molecule has 5 nitrogen and oxygen atoms in total. The normalized spacial score (nSPS) is 17.7. The van der Waals surface area contributed by atoms with E-state index in [1.54, 1.807) is 24.3 Å². The first-order valence-electron chi connectivity index (χ1n) is 10.3. The van der Waals surface area contributed by atoms with E-state index < -0.39 is 27.4 Å². The number of nitrogens with zero attached hydrogens (tertiary/aromatic N) is 1. The molecule has 2 heterocycles. The fraction of sp³-hybridized carbons (Fsp3) is 0.115. The molecule has 0 unspecified atom stereocenters. The van der Waals surface area contributed by atoms with E-state index >= 15 is 0 Å². The highest BCUT2D eigenvalue weighted by Crippen LogP contribution is 2.57. The molecule has 5 rings (SSSR count). The van der Waals surface area contributed by atoms with Gasteiger partial charge >= 0.3 is 0 Å². The third-order valence-electron chi connectivity index (χ3n) is 6.03. The van der Waals surface area contributed by atoms with Gasteiger partial charge in [-0.15, -0.1) is 0 Å². The quantitative estimate of drug-likeness (QED) is 0.414. The van der Waals surface area contributed by atoms with Crippen molar-refractivity contribution < 1.29 is 17.6 Å². The van der Waals surface area contributed by atoms with Crippen LogP contribution < -0.4 is 0 Å². The van der Waals surface area contributed by atoms with Crippen molar-refractivity contribution in [2.75, 3.05) is 0 Å². The van der Waals surface area contributed by atoms with Crippen LogP contribution in [0.3, 0.4) is 0 Å². The molecule has 32 heavy (non-hydrogen) atoms. The smallest absolute Gasteiger partial charge is 0.267 e. The Morgan fingerprint density at radius 3 is 1.84 bits per heavy atom. The standard InChI is InChI=1S/C26H21NO4S/c1-19-14-16-22(17-15-19)32(29,30)27-24(23-13-8-18-31-23)26(25(27)28,20-9-4-2-5-10-20)21-11-6-3-7-12-21/h2-18,24H,1H3/t24-/m0/s1. The molecule has 6 heteroatoms. The van der Waals surface area contributed by atoms with Gasteiger partial charge in [0.25, 0.3) is 15.9 Å². The predicted molar refractivity (Wildman–Crippen MR) is 120 cm³/mol. The van der Waals surface area contributed by atoms with E-state index in [0.717, 1.165) is 9.87 Å². The monoisotopic (exact) mass is 443 g/mol. The van der Waals surface area contributed by atoms with Crippen molar-refractivity contribution in [1.82, 2.24) is 4.31 Å². The average Bonchev–Trinajstić information content (AvgIpc) is 3.33. The van der Waals surface area contributed by atoms with Crippen LogP contribution in [0, 0.1) is 6.92 Å². The topological polar surface area (TPSA) is 67.6 Å². The summed E-state index contributed by atoms with van der Waals surface area (Å²) < 4.78 is 34.0. The van der Waals surface area contributed by atoms with Crippen molar-refractivity contribution in [3.8, 4) is 0 Å². The van der Waals surface area contributed by atoms with E-state index in [2.05, 4.69) is 0 Å². The van der Waals surface area contributed by atoms with Gasteiger partial charge < -0.3 is 4.42 Å². The number of aryl methyl sites for hydroxylation is 1. The van der Waals surface area contributed by atoms with Crippen molar-refractivity contribution in [2.24, 2.45) is 0 Å². The maximum atomic E-state index is 14.0. The second kappa shape index (κ2) is 7.50. The Morgan fingerprint density at radius 2 is 1.34 bits per heavy atom. The molecule has 0 aliphatic carbocycles. The molecule has 1 aliphatic heterocycles. The third kappa shape index (κ3) is 2.83. The minimum Gasteiger partial charge on any atom is -0.467 e. The number of hydrogen-bond donors (Lipinski definition) is 0. The van der Waals surface area contributed by atoms with Gasteiger partial charge in [0, 0.05) is 0 Å². The Balaban J connectivity index is 1.76. The minimum atomic E-state index is -4.11. The maximum absolute atomic E-state index is 14.0. The van der Waals surface area contributed by atoms with E-state index in [4.69, 9.17) is 4.42 Å². The molecular formula is C26H21NO4S. The summed E-state index contributed by atoms with van der Waals surface area (Å²) in [6, 6.07) is 27.6. The first-order chi connectivity index (χ1) is 15.5. The van der Waals surface area contributed by atoms with Crippen molar-refractivity contribution in [3.63, 3.8) is 0 Å². The number of rotatable bonds is 5. The Bertz CT molecular complexity index is 1310. The molecule has 0 spiro atoms. The number of sulfonamides is 1. The summed E-state index contributed by atoms with van der Waals surface area (Å²) in [6.07, 6.45) is 1.50. The minimum absolute atomic E-state index is 0.0720. The second-order valence-corrected chi connectivity index (χ2v) is 9.69. The van der Waals surface area contributed by atoms with Gasteiger partial charge in [-0.2, -0.15) is 0 Å². The highest BCUT2D eigenvalue weighted by atomic mass is 32.2. The van der Waals surface area contributed by atoms with Crippen LogP contribution in [0.5, 0.6) is 0 Å². The molecule has 1 atom stereocenters. The molecule has 160 valence electrons. The number of β-lactam (4-membered cyclic amide) rings is 1. The largest absolute Gasteiger partial charge is 0.467 e. The Morgan fingerprint density at radius 1 is 0.781 bits per heavy atom. The van der Waals surface area contributed by atoms with Crippen LogP contribution in [0.25, 0.3) is 0 Å². The van der Waals surface area contributed by atoms with Crippen LogP contribution >= 0.6 is 0 Å². The van der Waals surface area contributed by atoms with Gasteiger partial charge in [-0.05, 0) is 42.3 Å². The van der Waals surface area contributed by atoms with Gasteiger partial charge in [-0.3, -0.25) is 4.79 Å². The highest BCUT2D eigenvalue weighted by molar-refractivity contribution is 7.89. The molecule has 1 saturated heterocycles. The summed E-state index contributed by atoms with van der Waals surface area (Å²) in [5, 5.41) is 0. The Hall–Kier alpha value is -3.64. The number of carbonyl (C=O) groups excluding carboxylic acids is 1. The van der Waals surface area contributed by atoms with Gasteiger partial charge in [0.15, 0.2) is 0 Å². The highest BCUT2D eigenvalue weighted by Gasteiger charge is 2.68. The fourth-order valence-corrected chi connectivity index (χ4v) is 6.11. The van der Waals surface area contributed by atoms with Gasteiger partial charge in [-0.25, -0.2) is 12.7 Å². The fourth-order valence-electron chi connectivity index (χ4n) is 4.50. The summed E-state index contributed by atoms with van der Waals surface area (Å²) in [7, 11) is -4.11. The number of furan rings is 1. The predicted octanol–water partition coefficient (Wildman–Crippen LogP) is 4.85. The van der Waals surface area contributed by atoms with E-state index in [1.807, 2.05) is 67.6 Å². The van der Waals surface area contributed by atoms with Crippen molar-refractivity contribution >= 4 is 15.9 Å². The van der Waals surface area contributed by atoms with E-state index in [-0.39, 0.29) is 4.90 Å². The average molecular weight is 444 g/mol. The molecular weight excluding hydrogens is 422 g/mol. The van der Waals surface area contributed by atoms with Gasteiger partial charge in [0.2, 0.25) is 0 Å². The Kier molecular flexibility index (Phi) is 4.75. The molecule has 0 radical (unpaired) electrons. The first-order valence-corrected chi connectivity index (χ1v) is 11.7. The van der Waals surface area contributed by atoms with Crippen molar-refractivity contribution in [3.05, 3.63) is 126 Å². The number of benzene rings is 3. The van der Waals surface area contributed by atoms with Crippen molar-refractivity contribution in [2.45, 2.75) is 23.3 Å². The summed E-state index contributed by atoms with van der Waals surface area (Å²) in [5.41, 5.74) is 1.14. The van der Waals surface area contributed by atoms with Crippen LogP contribution in [-0.2, 0) is 20.2 Å². The number of carbonyl (C=O) groups is 1. The molecule has 0 saturated carbocycles. The first kappa shape index (κ1) is 20.3. The number of hydrogen-bond acceptors (Lipinski definition) is 4. The third-order valence-corrected chi connectivity index (χ3v) is 7.79. The van der Waals surface area contributed by atoms with Crippen LogP contribution in [0.15, 0.2) is 113 Å². The van der Waals surface area contributed by atoms with Crippen LogP contribution in [0.2, 0.25) is 0 Å². The molecule has 1 aromatic heterocycles. The van der Waals surface area contributed by atoms with Crippen LogP contribution in [-0.4, -0.2) is 18.6 Å². The zero-order chi connectivity index (χ0) is 22.3. The summed E-state index contributed by atoms with van der Waals surface area (Å²) >= 11 is 0. The molecule has 1 fully saturated rings. The van der Waals surface area contributed by atoms with E-state index in [1.165, 1.54) is 18.4 Å². The number of amides is 1. The SMILES string of the molecule is Cc1ccc(S(=O)(=O)N2C(=O)C(c3ccccc3)(c3ccccc3)[C@@H]2c2ccco2)cc1. The van der Waals surface area contributed by atoms with Crippen LogP contribution in [0.1, 0.15) is 28.5 Å². The van der Waals surface area contributed by atoms with E-state index in [0.29, 0.717) is 16.9 Å². The Labute approximate surface area is 187 Å². The van der Waals surface area contributed by atoms with Gasteiger partial charge in [-0.1, -0.05) is 78.4 Å². The van der Waals surface area contributed by atoms with Gasteiger partial charge in [0.05, 0.1) is 11.2 Å². The van der Waals surface area contributed by atoms with E-state index in [9.17, 15) is 13.2 Å². The second-order valence-electron chi connectivity index (χ2n) is 7.88. The molecule has 4 aromatic rings. The van der Waals surface area contributed by atoms with Crippen molar-refractivity contribution in [1.29, 1.82) is 0 Å². The molecule has 1 aliphatic rings. The lowest BCUT2D eigenvalue weighted by molar-refractivity contribution is -0.148. The maximum Gasteiger partial charge on any atom is 0.267 e. The summed E-state index contributed by atoms with van der Waals surface area (Å²) in [5.74, 6) is -0.0927.